The Hall–Kier alpha value is -3.10. The SMILES string of the molecule is CCC(C)[C@H](NC(=O)N1CC(=O)Nc2ccccc21)C(=O)N1CCC[C@H]1C(=O)O. The van der Waals surface area contributed by atoms with E-state index in [1.807, 2.05) is 13.8 Å². The number of para-hydroxylation sites is 2. The van der Waals surface area contributed by atoms with Crippen LogP contribution in [-0.4, -0.2) is 59.0 Å². The van der Waals surface area contributed by atoms with Crippen molar-refractivity contribution in [2.45, 2.75) is 45.2 Å². The van der Waals surface area contributed by atoms with Crippen molar-refractivity contribution in [1.82, 2.24) is 10.2 Å². The number of carboxylic acid groups (broad SMARTS) is 1. The Balaban J connectivity index is 1.82. The van der Waals surface area contributed by atoms with Crippen molar-refractivity contribution >= 4 is 35.2 Å². The maximum Gasteiger partial charge on any atom is 0.326 e. The molecular formula is C20H26N4O5. The summed E-state index contributed by atoms with van der Waals surface area (Å²) in [5.41, 5.74) is 1.07. The number of carboxylic acids is 1. The lowest BCUT2D eigenvalue weighted by Gasteiger charge is -2.34. The van der Waals surface area contributed by atoms with Crippen LogP contribution >= 0.6 is 0 Å². The predicted octanol–water partition coefficient (Wildman–Crippen LogP) is 1.65. The summed E-state index contributed by atoms with van der Waals surface area (Å²) in [5.74, 6) is -1.95. The topological polar surface area (TPSA) is 119 Å². The molecule has 0 bridgehead atoms. The van der Waals surface area contributed by atoms with E-state index in [0.29, 0.717) is 37.2 Å². The fourth-order valence-corrected chi connectivity index (χ4v) is 3.77. The number of aliphatic carboxylic acids is 1. The molecule has 1 aromatic rings. The third-order valence-electron chi connectivity index (χ3n) is 5.59. The molecule has 9 heteroatoms. The highest BCUT2D eigenvalue weighted by atomic mass is 16.4. The van der Waals surface area contributed by atoms with Crippen LogP contribution in [0, 0.1) is 5.92 Å². The Morgan fingerprint density at radius 2 is 2.03 bits per heavy atom. The average Bonchev–Trinajstić information content (AvgIpc) is 3.20. The number of benzene rings is 1. The van der Waals surface area contributed by atoms with E-state index in [2.05, 4.69) is 10.6 Å². The van der Waals surface area contributed by atoms with Crippen LogP contribution in [0.2, 0.25) is 0 Å². The Morgan fingerprint density at radius 1 is 1.31 bits per heavy atom. The fourth-order valence-electron chi connectivity index (χ4n) is 3.77. The first-order valence-corrected chi connectivity index (χ1v) is 9.83. The Kier molecular flexibility index (Phi) is 6.05. The van der Waals surface area contributed by atoms with Gasteiger partial charge in [-0.1, -0.05) is 32.4 Å². The number of likely N-dealkylation sites (tertiary alicyclic amines) is 1. The molecule has 0 aromatic heterocycles. The second-order valence-corrected chi connectivity index (χ2v) is 7.49. The van der Waals surface area contributed by atoms with E-state index in [1.165, 1.54) is 9.80 Å². The standard InChI is InChI=1S/C20H26N4O5/c1-3-12(2)17(18(26)23-10-6-9-15(23)19(27)28)22-20(29)24-11-16(25)21-13-7-4-5-8-14(13)24/h4-5,7-8,12,15,17H,3,6,9-11H2,1-2H3,(H,21,25)(H,22,29)(H,27,28)/t12?,15-,17-/m0/s1. The number of anilines is 2. The number of nitrogens with one attached hydrogen (secondary N) is 2. The number of carbonyl (C=O) groups is 4. The second-order valence-electron chi connectivity index (χ2n) is 7.49. The molecular weight excluding hydrogens is 376 g/mol. The summed E-state index contributed by atoms with van der Waals surface area (Å²) >= 11 is 0. The highest BCUT2D eigenvalue weighted by molar-refractivity contribution is 6.10. The number of amides is 4. The first kappa shape index (κ1) is 20.6. The summed E-state index contributed by atoms with van der Waals surface area (Å²) in [6, 6.07) is 4.64. The molecule has 3 rings (SSSR count). The molecule has 1 aromatic carbocycles. The van der Waals surface area contributed by atoms with Crippen molar-refractivity contribution in [3.05, 3.63) is 24.3 Å². The molecule has 156 valence electrons. The summed E-state index contributed by atoms with van der Waals surface area (Å²) in [4.78, 5) is 52.3. The van der Waals surface area contributed by atoms with Crippen LogP contribution in [0.4, 0.5) is 16.2 Å². The summed E-state index contributed by atoms with van der Waals surface area (Å²) in [6.45, 7) is 3.93. The Morgan fingerprint density at radius 3 is 2.72 bits per heavy atom. The number of nitrogens with zero attached hydrogens (tertiary/aromatic N) is 2. The number of hydrogen-bond acceptors (Lipinski definition) is 4. The van der Waals surface area contributed by atoms with Gasteiger partial charge in [-0.2, -0.15) is 0 Å². The zero-order valence-electron chi connectivity index (χ0n) is 16.6. The third-order valence-corrected chi connectivity index (χ3v) is 5.59. The van der Waals surface area contributed by atoms with Gasteiger partial charge in [0.05, 0.1) is 11.4 Å². The lowest BCUT2D eigenvalue weighted by atomic mass is 9.97. The number of rotatable bonds is 5. The van der Waals surface area contributed by atoms with Gasteiger partial charge >= 0.3 is 12.0 Å². The normalized spacial score (nSPS) is 20.5. The van der Waals surface area contributed by atoms with Crippen LogP contribution in [0.15, 0.2) is 24.3 Å². The van der Waals surface area contributed by atoms with Gasteiger partial charge in [-0.25, -0.2) is 9.59 Å². The molecule has 0 radical (unpaired) electrons. The average molecular weight is 402 g/mol. The smallest absolute Gasteiger partial charge is 0.326 e. The van der Waals surface area contributed by atoms with Gasteiger partial charge in [0.2, 0.25) is 11.8 Å². The van der Waals surface area contributed by atoms with Gasteiger partial charge in [0, 0.05) is 6.54 Å². The van der Waals surface area contributed by atoms with Crippen molar-refractivity contribution in [1.29, 1.82) is 0 Å². The minimum absolute atomic E-state index is 0.161. The first-order valence-electron chi connectivity index (χ1n) is 9.83. The summed E-state index contributed by atoms with van der Waals surface area (Å²) in [7, 11) is 0. The molecule has 9 nitrogen and oxygen atoms in total. The zero-order valence-corrected chi connectivity index (χ0v) is 16.6. The van der Waals surface area contributed by atoms with Crippen molar-refractivity contribution in [3.63, 3.8) is 0 Å². The Bertz CT molecular complexity index is 827. The summed E-state index contributed by atoms with van der Waals surface area (Å²) in [6.07, 6.45) is 1.64. The fraction of sp³-hybridized carbons (Fsp3) is 0.500. The molecule has 1 unspecified atom stereocenters. The summed E-state index contributed by atoms with van der Waals surface area (Å²) < 4.78 is 0. The van der Waals surface area contributed by atoms with Crippen LogP contribution in [0.5, 0.6) is 0 Å². The molecule has 1 saturated heterocycles. The maximum atomic E-state index is 13.1. The highest BCUT2D eigenvalue weighted by Crippen LogP contribution is 2.29. The lowest BCUT2D eigenvalue weighted by Crippen LogP contribution is -2.57. The molecule has 0 saturated carbocycles. The zero-order chi connectivity index (χ0) is 21.1. The molecule has 2 heterocycles. The number of urea groups is 1. The van der Waals surface area contributed by atoms with E-state index in [0.717, 1.165) is 0 Å². The van der Waals surface area contributed by atoms with Gasteiger partial charge in [-0.3, -0.25) is 14.5 Å². The quantitative estimate of drug-likeness (QED) is 0.692. The van der Waals surface area contributed by atoms with E-state index < -0.39 is 30.0 Å². The molecule has 0 aliphatic carbocycles. The van der Waals surface area contributed by atoms with E-state index in [9.17, 15) is 24.3 Å². The van der Waals surface area contributed by atoms with E-state index in [-0.39, 0.29) is 18.4 Å². The molecule has 4 amide bonds. The van der Waals surface area contributed by atoms with Gasteiger partial charge in [-0.15, -0.1) is 0 Å². The van der Waals surface area contributed by atoms with Crippen molar-refractivity contribution in [2.75, 3.05) is 23.3 Å². The van der Waals surface area contributed by atoms with E-state index >= 15 is 0 Å². The van der Waals surface area contributed by atoms with Gasteiger partial charge in [-0.05, 0) is 30.9 Å². The van der Waals surface area contributed by atoms with E-state index in [4.69, 9.17) is 0 Å². The largest absolute Gasteiger partial charge is 0.480 e. The predicted molar refractivity (Wildman–Crippen MR) is 107 cm³/mol. The Labute approximate surface area is 169 Å². The van der Waals surface area contributed by atoms with Crippen molar-refractivity contribution in [3.8, 4) is 0 Å². The molecule has 0 spiro atoms. The highest BCUT2D eigenvalue weighted by Gasteiger charge is 2.40. The molecule has 2 aliphatic heterocycles. The van der Waals surface area contributed by atoms with Crippen molar-refractivity contribution in [2.24, 2.45) is 5.92 Å². The first-order chi connectivity index (χ1) is 13.8. The van der Waals surface area contributed by atoms with Gasteiger partial charge in [0.25, 0.3) is 0 Å². The minimum Gasteiger partial charge on any atom is -0.480 e. The third kappa shape index (κ3) is 4.18. The van der Waals surface area contributed by atoms with E-state index in [1.54, 1.807) is 24.3 Å². The van der Waals surface area contributed by atoms with Crippen LogP contribution in [-0.2, 0) is 14.4 Å². The molecule has 29 heavy (non-hydrogen) atoms. The number of fused-ring (bicyclic) bond motifs is 1. The van der Waals surface area contributed by atoms with Gasteiger partial charge < -0.3 is 20.6 Å². The number of hydrogen-bond donors (Lipinski definition) is 3. The minimum atomic E-state index is -1.04. The molecule has 1 fully saturated rings. The van der Waals surface area contributed by atoms with Gasteiger partial charge in [0.15, 0.2) is 0 Å². The molecule has 2 aliphatic rings. The summed E-state index contributed by atoms with van der Waals surface area (Å²) in [5, 5.41) is 14.9. The second kappa shape index (κ2) is 8.50. The van der Waals surface area contributed by atoms with Crippen LogP contribution < -0.4 is 15.5 Å². The number of carbonyl (C=O) groups excluding carboxylic acids is 3. The van der Waals surface area contributed by atoms with Gasteiger partial charge in [0.1, 0.15) is 18.6 Å². The van der Waals surface area contributed by atoms with Crippen LogP contribution in [0.1, 0.15) is 33.1 Å². The lowest BCUT2D eigenvalue weighted by molar-refractivity contribution is -0.149. The molecule has 3 atom stereocenters. The maximum absolute atomic E-state index is 13.1. The van der Waals surface area contributed by atoms with Crippen molar-refractivity contribution < 1.29 is 24.3 Å². The monoisotopic (exact) mass is 402 g/mol. The van der Waals surface area contributed by atoms with Crippen LogP contribution in [0.25, 0.3) is 0 Å². The van der Waals surface area contributed by atoms with Crippen LogP contribution in [0.3, 0.4) is 0 Å². The molecule has 3 N–H and O–H groups in total.